The van der Waals surface area contributed by atoms with Crippen LogP contribution in [0.5, 0.6) is 0 Å². The summed E-state index contributed by atoms with van der Waals surface area (Å²) < 4.78 is 2.28. The van der Waals surface area contributed by atoms with Crippen LogP contribution in [0.15, 0.2) is 40.8 Å². The molecular weight excluding hydrogens is 440 g/mol. The Bertz CT molecular complexity index is 1150. The van der Waals surface area contributed by atoms with E-state index in [-0.39, 0.29) is 23.8 Å². The van der Waals surface area contributed by atoms with Gasteiger partial charge >= 0.3 is 0 Å². The molecule has 0 radical (unpaired) electrons. The third-order valence-electron chi connectivity index (χ3n) is 6.01. The number of rotatable bonds is 7. The molecule has 2 atom stereocenters. The fraction of sp³-hybridized carbons (Fsp3) is 0.417. The third-order valence-corrected chi connectivity index (χ3v) is 7.64. The number of nitrogens with one attached hydrogen (secondary N) is 1. The molecule has 0 aliphatic heterocycles. The Morgan fingerprint density at radius 1 is 1.34 bits per heavy atom. The summed E-state index contributed by atoms with van der Waals surface area (Å²) in [6.45, 7) is 3.77. The summed E-state index contributed by atoms with van der Waals surface area (Å²) in [5.74, 6) is 0.960. The number of thiazole rings is 1. The maximum absolute atomic E-state index is 12.6. The predicted octanol–water partition coefficient (Wildman–Crippen LogP) is 5.62. The smallest absolute Gasteiger partial charge is 0.257 e. The van der Waals surface area contributed by atoms with Crippen LogP contribution in [0.3, 0.4) is 0 Å². The number of carbonyl (C=O) groups excluding carboxylic acids is 2. The van der Waals surface area contributed by atoms with Gasteiger partial charge in [0, 0.05) is 35.6 Å². The van der Waals surface area contributed by atoms with Gasteiger partial charge in [0.1, 0.15) is 0 Å². The zero-order valence-corrected chi connectivity index (χ0v) is 20.3. The molecule has 2 unspecified atom stereocenters. The number of Topliss-reactive ketones (excluding diaryl/α,β-unsaturated/α-hetero) is 1. The number of allylic oxidation sites excluding steroid dienone is 1. The number of ketones is 1. The molecule has 0 spiro atoms. The largest absolute Gasteiger partial charge is 0.349 e. The van der Waals surface area contributed by atoms with E-state index >= 15 is 0 Å². The van der Waals surface area contributed by atoms with Gasteiger partial charge in [0.15, 0.2) is 16.6 Å². The average molecular weight is 469 g/mol. The Hall–Kier alpha value is -2.45. The fourth-order valence-corrected chi connectivity index (χ4v) is 5.56. The Morgan fingerprint density at radius 3 is 2.88 bits per heavy atom. The lowest BCUT2D eigenvalue weighted by molar-refractivity contribution is -0.117. The van der Waals surface area contributed by atoms with Gasteiger partial charge < -0.3 is 9.88 Å². The minimum Gasteiger partial charge on any atom is -0.349 e. The van der Waals surface area contributed by atoms with Gasteiger partial charge in [0.2, 0.25) is 0 Å². The number of thioether (sulfide) groups is 1. The quantitative estimate of drug-likeness (QED) is 0.360. The van der Waals surface area contributed by atoms with Gasteiger partial charge in [-0.15, -0.1) is 23.1 Å². The maximum atomic E-state index is 12.6. The molecule has 168 valence electrons. The molecule has 32 heavy (non-hydrogen) atoms. The highest BCUT2D eigenvalue weighted by Crippen LogP contribution is 2.37. The van der Waals surface area contributed by atoms with Crippen LogP contribution in [0.2, 0.25) is 0 Å². The van der Waals surface area contributed by atoms with Gasteiger partial charge in [-0.3, -0.25) is 9.59 Å². The number of hydrogen-bond acceptors (Lipinski definition) is 6. The average Bonchev–Trinajstić information content (AvgIpc) is 3.46. The molecule has 1 aromatic carbocycles. The van der Waals surface area contributed by atoms with Crippen molar-refractivity contribution in [2.45, 2.75) is 58.0 Å². The van der Waals surface area contributed by atoms with E-state index in [1.165, 1.54) is 11.8 Å². The Kier molecular flexibility index (Phi) is 7.10. The Labute approximate surface area is 196 Å². The van der Waals surface area contributed by atoms with Crippen molar-refractivity contribution in [3.05, 3.63) is 46.3 Å². The van der Waals surface area contributed by atoms with Crippen LogP contribution in [-0.2, 0) is 4.79 Å². The molecule has 3 aromatic rings. The van der Waals surface area contributed by atoms with Gasteiger partial charge in [-0.1, -0.05) is 13.0 Å². The number of aromatic nitrogens is 3. The van der Waals surface area contributed by atoms with E-state index in [0.717, 1.165) is 52.5 Å². The number of benzene rings is 1. The van der Waals surface area contributed by atoms with E-state index in [0.29, 0.717) is 12.0 Å². The van der Waals surface area contributed by atoms with Crippen LogP contribution in [-0.4, -0.2) is 38.5 Å². The molecule has 8 heteroatoms. The van der Waals surface area contributed by atoms with Gasteiger partial charge in [-0.25, -0.2) is 9.97 Å². The van der Waals surface area contributed by atoms with Crippen LogP contribution in [0, 0.1) is 0 Å². The van der Waals surface area contributed by atoms with Crippen molar-refractivity contribution in [2.24, 2.45) is 0 Å². The number of carbonyl (C=O) groups is 2. The lowest BCUT2D eigenvalue weighted by atomic mass is 9.90. The molecule has 2 heterocycles. The van der Waals surface area contributed by atoms with Gasteiger partial charge in [-0.2, -0.15) is 0 Å². The summed E-state index contributed by atoms with van der Waals surface area (Å²) in [5.41, 5.74) is 2.53. The molecule has 1 N–H and O–H groups in total. The second-order valence-electron chi connectivity index (χ2n) is 7.97. The molecule has 0 bridgehead atoms. The Balaban J connectivity index is 1.69. The monoisotopic (exact) mass is 468 g/mol. The molecule has 4 rings (SSSR count). The molecule has 6 nitrogen and oxygen atoms in total. The molecule has 1 saturated carbocycles. The third kappa shape index (κ3) is 4.52. The second kappa shape index (κ2) is 10.0. The molecule has 1 amide bonds. The van der Waals surface area contributed by atoms with E-state index in [9.17, 15) is 9.59 Å². The number of imidazole rings is 1. The highest BCUT2D eigenvalue weighted by Gasteiger charge is 2.29. The van der Waals surface area contributed by atoms with Gasteiger partial charge in [0.25, 0.3) is 5.91 Å². The van der Waals surface area contributed by atoms with E-state index in [1.807, 2.05) is 49.8 Å². The van der Waals surface area contributed by atoms with Crippen LogP contribution in [0.25, 0.3) is 21.9 Å². The second-order valence-corrected chi connectivity index (χ2v) is 9.71. The summed E-state index contributed by atoms with van der Waals surface area (Å²) in [6.07, 6.45) is 9.92. The zero-order valence-electron chi connectivity index (χ0n) is 18.6. The molecule has 1 aliphatic carbocycles. The van der Waals surface area contributed by atoms with Crippen molar-refractivity contribution in [3.63, 3.8) is 0 Å². The highest BCUT2D eigenvalue weighted by molar-refractivity contribution is 8.03. The van der Waals surface area contributed by atoms with Crippen molar-refractivity contribution in [3.8, 4) is 10.8 Å². The number of amides is 1. The van der Waals surface area contributed by atoms with Gasteiger partial charge in [0.05, 0.1) is 15.9 Å². The fourth-order valence-electron chi connectivity index (χ4n) is 4.46. The molecule has 1 fully saturated rings. The van der Waals surface area contributed by atoms with Crippen LogP contribution < -0.4 is 5.32 Å². The Morgan fingerprint density at radius 2 is 2.19 bits per heavy atom. The van der Waals surface area contributed by atoms with Crippen molar-refractivity contribution in [1.29, 1.82) is 0 Å². The number of nitrogens with zero attached hydrogens (tertiary/aromatic N) is 3. The first-order valence-corrected chi connectivity index (χ1v) is 13.1. The zero-order chi connectivity index (χ0) is 22.7. The molecule has 1 aliphatic rings. The molecule has 0 saturated heterocycles. The number of hydrogen-bond donors (Lipinski definition) is 1. The van der Waals surface area contributed by atoms with Crippen molar-refractivity contribution < 1.29 is 9.59 Å². The summed E-state index contributed by atoms with van der Waals surface area (Å²) >= 11 is 3.04. The summed E-state index contributed by atoms with van der Waals surface area (Å²) in [6, 6.07) is 6.13. The van der Waals surface area contributed by atoms with Crippen LogP contribution >= 0.6 is 23.1 Å². The van der Waals surface area contributed by atoms with Crippen molar-refractivity contribution >= 4 is 45.8 Å². The highest BCUT2D eigenvalue weighted by atomic mass is 32.2. The summed E-state index contributed by atoms with van der Waals surface area (Å²) in [7, 11) is 0. The van der Waals surface area contributed by atoms with E-state index in [4.69, 9.17) is 4.98 Å². The maximum Gasteiger partial charge on any atom is 0.257 e. The number of fused-ring (bicyclic) bond motifs is 1. The topological polar surface area (TPSA) is 76.9 Å². The summed E-state index contributed by atoms with van der Waals surface area (Å²) in [4.78, 5) is 35.0. The SMILES string of the molecule is C/C=C(\SC)C(=O)NC1CCCC(n2c(-c3nccs3)nc3cc(C(=O)CC)ccc32)C1. The van der Waals surface area contributed by atoms with Crippen LogP contribution in [0.1, 0.15) is 62.4 Å². The summed E-state index contributed by atoms with van der Waals surface area (Å²) in [5, 5.41) is 6.05. The lowest BCUT2D eigenvalue weighted by Gasteiger charge is -2.32. The molecule has 2 aromatic heterocycles. The first-order chi connectivity index (χ1) is 15.5. The normalized spacial score (nSPS) is 19.3. The van der Waals surface area contributed by atoms with E-state index < -0.39 is 0 Å². The predicted molar refractivity (Wildman–Crippen MR) is 132 cm³/mol. The van der Waals surface area contributed by atoms with Gasteiger partial charge in [-0.05, 0) is 57.1 Å². The minimum absolute atomic E-state index is 0.00371. The van der Waals surface area contributed by atoms with Crippen molar-refractivity contribution in [2.75, 3.05) is 6.26 Å². The van der Waals surface area contributed by atoms with E-state index in [1.54, 1.807) is 17.5 Å². The van der Waals surface area contributed by atoms with Crippen molar-refractivity contribution in [1.82, 2.24) is 19.9 Å². The van der Waals surface area contributed by atoms with E-state index in [2.05, 4.69) is 14.9 Å². The first kappa shape index (κ1) is 22.7. The lowest BCUT2D eigenvalue weighted by Crippen LogP contribution is -2.39. The van der Waals surface area contributed by atoms with Crippen LogP contribution in [0.4, 0.5) is 0 Å². The molecular formula is C24H28N4O2S2. The first-order valence-electron chi connectivity index (χ1n) is 11.0. The standard InChI is InChI=1S/C24H28N4O2S2/c1-4-20(29)15-9-10-19-18(13-15)27-22(24-25-11-12-32-24)28(19)17-8-6-7-16(14-17)26-23(30)21(5-2)31-3/h5,9-13,16-17H,4,6-8,14H2,1-3H3,(H,26,30)/b21-5-. The minimum atomic E-state index is 0.00371.